The number of halogens is 3. The lowest BCUT2D eigenvalue weighted by molar-refractivity contribution is -0.137. The summed E-state index contributed by atoms with van der Waals surface area (Å²) in [6.45, 7) is 29.3. The maximum atomic E-state index is 12.7. The number of aryl methyl sites for hydroxylation is 1. The second-order valence-electron chi connectivity index (χ2n) is 18.1. The number of ether oxygens (including phenoxy) is 6. The first-order valence-corrected chi connectivity index (χ1v) is 24.6. The molecule has 10 heteroatoms. The van der Waals surface area contributed by atoms with Crippen LogP contribution in [0.2, 0.25) is 0 Å². The van der Waals surface area contributed by atoms with E-state index in [4.69, 9.17) is 35.0 Å². The fourth-order valence-corrected chi connectivity index (χ4v) is 6.71. The smallest absolute Gasteiger partial charge is 0.416 e. The van der Waals surface area contributed by atoms with E-state index in [0.717, 1.165) is 73.3 Å². The van der Waals surface area contributed by atoms with Crippen molar-refractivity contribution >= 4 is 5.69 Å². The lowest BCUT2D eigenvalue weighted by Gasteiger charge is -2.13. The van der Waals surface area contributed by atoms with Gasteiger partial charge in [0.25, 0.3) is 0 Å². The number of hydrogen-bond acceptors (Lipinski definition) is 6. The highest BCUT2D eigenvalue weighted by Gasteiger charge is 2.30. The van der Waals surface area contributed by atoms with Crippen LogP contribution in [0.15, 0.2) is 146 Å². The maximum Gasteiger partial charge on any atom is 0.416 e. The summed E-state index contributed by atoms with van der Waals surface area (Å²) in [5.41, 5.74) is 7.54. The van der Waals surface area contributed by atoms with Gasteiger partial charge in [0.1, 0.15) is 17.2 Å². The number of hydrogen-bond donors (Lipinski definition) is 0. The van der Waals surface area contributed by atoms with Crippen LogP contribution in [-0.2, 0) is 39.6 Å². The van der Waals surface area contributed by atoms with Crippen LogP contribution in [0.1, 0.15) is 97.9 Å². The van der Waals surface area contributed by atoms with E-state index in [1.165, 1.54) is 34.4 Å². The lowest BCUT2D eigenvalue weighted by atomic mass is 10.0. The summed E-state index contributed by atoms with van der Waals surface area (Å²) in [5.74, 6) is 2.60. The van der Waals surface area contributed by atoms with E-state index < -0.39 is 11.7 Å². The highest BCUT2D eigenvalue weighted by atomic mass is 19.4. The van der Waals surface area contributed by atoms with E-state index in [1.807, 2.05) is 140 Å². The van der Waals surface area contributed by atoms with Gasteiger partial charge in [-0.1, -0.05) is 109 Å². The van der Waals surface area contributed by atoms with E-state index in [2.05, 4.69) is 55.1 Å². The maximum absolute atomic E-state index is 12.7. The fraction of sp³-hybridized carbons (Fsp3) is 0.393. The summed E-state index contributed by atoms with van der Waals surface area (Å²) in [4.78, 5) is 3.36. The molecule has 0 N–H and O–H groups in total. The van der Waals surface area contributed by atoms with Crippen molar-refractivity contribution in [2.45, 2.75) is 132 Å². The molecule has 0 heterocycles. The second-order valence-corrected chi connectivity index (χ2v) is 18.1. The largest absolute Gasteiger partial charge is 0.497 e. The Balaban J connectivity index is 0.000000255. The SMILES string of the molecule is CC(C)OCCc1ccc(-c2cccc(C(F)(F)F)c2)cc1.CC(C)Oc1cccc(OC(C)C)c1.COc1ccc(-c2ccc(CCOC(C)C)cc2)cc1.[C-]#[N+]c1ccc(CCCOC(C)C)cc1. The van der Waals surface area contributed by atoms with Gasteiger partial charge < -0.3 is 28.4 Å². The Bertz CT molecular complexity index is 2360. The zero-order valence-corrected chi connectivity index (χ0v) is 43.7. The molecule has 0 amide bonds. The number of methoxy groups -OCH3 is 1. The van der Waals surface area contributed by atoms with Crippen LogP contribution in [0.25, 0.3) is 27.1 Å². The zero-order valence-electron chi connectivity index (χ0n) is 43.7. The average Bonchev–Trinajstić information content (AvgIpc) is 3.33. The van der Waals surface area contributed by atoms with Crippen molar-refractivity contribution in [2.24, 2.45) is 0 Å². The molecule has 0 aliphatic heterocycles. The van der Waals surface area contributed by atoms with Crippen molar-refractivity contribution in [2.75, 3.05) is 26.9 Å². The molecule has 71 heavy (non-hydrogen) atoms. The first-order valence-electron chi connectivity index (χ1n) is 24.6. The molecule has 0 aromatic heterocycles. The third kappa shape index (κ3) is 25.0. The Labute approximate surface area is 423 Å². The molecule has 0 fully saturated rings. The Morgan fingerprint density at radius 3 is 1.27 bits per heavy atom. The Morgan fingerprint density at radius 2 is 0.845 bits per heavy atom. The van der Waals surface area contributed by atoms with Gasteiger partial charge in [-0.3, -0.25) is 0 Å². The Kier molecular flexibility index (Phi) is 26.7. The van der Waals surface area contributed by atoms with E-state index in [-0.39, 0.29) is 18.3 Å². The fourth-order valence-electron chi connectivity index (χ4n) is 6.71. The third-order valence-corrected chi connectivity index (χ3v) is 10.2. The summed E-state index contributed by atoms with van der Waals surface area (Å²) >= 11 is 0. The monoisotopic (exact) mass is 976 g/mol. The molecular weight excluding hydrogens is 900 g/mol. The minimum absolute atomic E-state index is 0.198. The predicted molar refractivity (Wildman–Crippen MR) is 285 cm³/mol. The van der Waals surface area contributed by atoms with Gasteiger partial charge in [0, 0.05) is 12.7 Å². The van der Waals surface area contributed by atoms with Crippen LogP contribution in [0.5, 0.6) is 17.2 Å². The minimum atomic E-state index is -4.32. The normalized spacial score (nSPS) is 11.0. The summed E-state index contributed by atoms with van der Waals surface area (Å²) in [7, 11) is 1.68. The van der Waals surface area contributed by atoms with Crippen molar-refractivity contribution in [1.29, 1.82) is 0 Å². The van der Waals surface area contributed by atoms with Crippen molar-refractivity contribution in [3.63, 3.8) is 0 Å². The van der Waals surface area contributed by atoms with Gasteiger partial charge in [-0.15, -0.1) is 0 Å². The van der Waals surface area contributed by atoms with E-state index >= 15 is 0 Å². The number of nitrogens with zero attached hydrogens (tertiary/aromatic N) is 1. The topological polar surface area (TPSA) is 59.7 Å². The number of benzene rings is 6. The van der Waals surface area contributed by atoms with Crippen molar-refractivity contribution < 1.29 is 41.6 Å². The zero-order chi connectivity index (χ0) is 52.2. The van der Waals surface area contributed by atoms with Gasteiger partial charge in [-0.25, -0.2) is 4.85 Å². The highest BCUT2D eigenvalue weighted by Crippen LogP contribution is 2.32. The van der Waals surface area contributed by atoms with Crippen molar-refractivity contribution in [1.82, 2.24) is 0 Å². The molecule has 0 spiro atoms. The van der Waals surface area contributed by atoms with Crippen LogP contribution in [0.3, 0.4) is 0 Å². The highest BCUT2D eigenvalue weighted by molar-refractivity contribution is 5.65. The van der Waals surface area contributed by atoms with Crippen LogP contribution in [-0.4, -0.2) is 57.5 Å². The molecule has 6 rings (SSSR count). The molecule has 0 aliphatic rings. The van der Waals surface area contributed by atoms with Crippen LogP contribution in [0, 0.1) is 6.57 Å². The van der Waals surface area contributed by atoms with Gasteiger partial charge in [0.2, 0.25) is 0 Å². The molecular formula is C61H76F3NO6. The molecule has 0 unspecified atom stereocenters. The lowest BCUT2D eigenvalue weighted by Crippen LogP contribution is -2.07. The van der Waals surface area contributed by atoms with Crippen LogP contribution in [0.4, 0.5) is 18.9 Å². The van der Waals surface area contributed by atoms with Gasteiger partial charge in [0.15, 0.2) is 5.69 Å². The first-order chi connectivity index (χ1) is 33.8. The summed E-state index contributed by atoms with van der Waals surface area (Å²) in [5, 5.41) is 0. The van der Waals surface area contributed by atoms with E-state index in [1.54, 1.807) is 13.2 Å². The molecule has 382 valence electrons. The Morgan fingerprint density at radius 1 is 0.437 bits per heavy atom. The molecule has 0 aliphatic carbocycles. The molecule has 0 saturated heterocycles. The third-order valence-electron chi connectivity index (χ3n) is 10.2. The van der Waals surface area contributed by atoms with E-state index in [0.29, 0.717) is 30.1 Å². The molecule has 6 aromatic carbocycles. The molecule has 0 saturated carbocycles. The van der Waals surface area contributed by atoms with Crippen LogP contribution >= 0.6 is 0 Å². The number of rotatable bonds is 20. The Hall–Kier alpha value is -6.12. The summed E-state index contributed by atoms with van der Waals surface area (Å²) in [6, 6.07) is 45.2. The van der Waals surface area contributed by atoms with Gasteiger partial charge in [-0.05, 0) is 165 Å². The molecule has 6 aromatic rings. The van der Waals surface area contributed by atoms with Gasteiger partial charge in [-0.2, -0.15) is 13.2 Å². The average molecular weight is 976 g/mol. The van der Waals surface area contributed by atoms with Gasteiger partial charge >= 0.3 is 6.18 Å². The number of alkyl halides is 3. The molecule has 0 radical (unpaired) electrons. The molecule has 0 bridgehead atoms. The van der Waals surface area contributed by atoms with Gasteiger partial charge in [0.05, 0.1) is 63.0 Å². The minimum Gasteiger partial charge on any atom is -0.497 e. The predicted octanol–water partition coefficient (Wildman–Crippen LogP) is 16.5. The quantitative estimate of drug-likeness (QED) is 0.0561. The standard InChI is InChI=1S/C18H19F3O.C18H22O2.C13H17NO.C12H18O2/c1-13(2)22-11-10-14-6-8-15(9-7-14)16-4-3-5-17(12-16)18(19,20)21;1-14(2)20-13-12-15-4-6-16(7-5-15)17-8-10-18(19-3)11-9-17;1-11(2)15-10-4-5-12-6-8-13(14-3)9-7-12;1-9(2)13-11-6-5-7-12(8-11)14-10(3)4/h3-9,12-13H,10-11H2,1-2H3;4-11,14H,12-13H2,1-3H3;6-9,11H,4-5,10H2,1-2H3;5-10H,1-4H3. The second kappa shape index (κ2) is 32.0. The van der Waals surface area contributed by atoms with E-state index in [9.17, 15) is 13.2 Å². The summed E-state index contributed by atoms with van der Waals surface area (Å²) in [6.07, 6.45) is 0.702. The van der Waals surface area contributed by atoms with Crippen LogP contribution < -0.4 is 14.2 Å². The van der Waals surface area contributed by atoms with Crippen molar-refractivity contribution in [3.05, 3.63) is 179 Å². The summed E-state index contributed by atoms with van der Waals surface area (Å²) < 4.78 is 71.0. The molecule has 0 atom stereocenters. The van der Waals surface area contributed by atoms with Crippen molar-refractivity contribution in [3.8, 4) is 39.5 Å². The first kappa shape index (κ1) is 59.2. The molecule has 7 nitrogen and oxygen atoms in total.